The van der Waals surface area contributed by atoms with E-state index in [1.54, 1.807) is 0 Å². The van der Waals surface area contributed by atoms with Gasteiger partial charge in [-0.2, -0.15) is 0 Å². The molecule has 1 aromatic heterocycles. The molecule has 1 fully saturated rings. The van der Waals surface area contributed by atoms with Crippen molar-refractivity contribution in [3.63, 3.8) is 0 Å². The molecular weight excluding hydrogens is 250 g/mol. The number of rotatable bonds is 2. The topological polar surface area (TPSA) is 59.2 Å². The maximum absolute atomic E-state index is 12.5. The third-order valence-corrected chi connectivity index (χ3v) is 4.07. The number of carbonyl (C=O) groups is 1. The molecule has 0 spiro atoms. The van der Waals surface area contributed by atoms with E-state index in [4.69, 9.17) is 5.73 Å². The average molecular weight is 269 g/mol. The van der Waals surface area contributed by atoms with Crippen molar-refractivity contribution in [2.45, 2.75) is 19.4 Å². The van der Waals surface area contributed by atoms with Gasteiger partial charge in [-0.15, -0.1) is 0 Å². The van der Waals surface area contributed by atoms with E-state index in [9.17, 15) is 4.79 Å². The average Bonchev–Trinajstić information content (AvgIpc) is 2.96. The van der Waals surface area contributed by atoms with Crippen molar-refractivity contribution in [3.05, 3.63) is 42.1 Å². The fourth-order valence-electron chi connectivity index (χ4n) is 2.75. The Morgan fingerprint density at radius 1 is 1.35 bits per heavy atom. The van der Waals surface area contributed by atoms with Gasteiger partial charge in [-0.3, -0.25) is 4.79 Å². The third kappa shape index (κ3) is 2.39. The minimum Gasteiger partial charge on any atom is -0.337 e. The van der Waals surface area contributed by atoms with Crippen LogP contribution in [-0.2, 0) is 0 Å². The number of fused-ring (bicyclic) bond motifs is 1. The largest absolute Gasteiger partial charge is 0.337 e. The van der Waals surface area contributed by atoms with Crippen LogP contribution < -0.4 is 5.73 Å². The van der Waals surface area contributed by atoms with Crippen LogP contribution in [0.5, 0.6) is 0 Å². The number of hydrogen-bond donors (Lipinski definition) is 1. The van der Waals surface area contributed by atoms with Gasteiger partial charge >= 0.3 is 0 Å². The zero-order chi connectivity index (χ0) is 14.1. The first-order chi connectivity index (χ1) is 9.65. The van der Waals surface area contributed by atoms with Crippen molar-refractivity contribution >= 4 is 16.8 Å². The predicted octanol–water partition coefficient (Wildman–Crippen LogP) is 2.04. The van der Waals surface area contributed by atoms with Crippen molar-refractivity contribution in [3.8, 4) is 0 Å². The molecule has 1 amide bonds. The number of carbonyl (C=O) groups excluding carboxylic acids is 1. The highest BCUT2D eigenvalue weighted by Crippen LogP contribution is 2.21. The molecule has 2 unspecified atom stereocenters. The van der Waals surface area contributed by atoms with Crippen molar-refractivity contribution in [2.24, 2.45) is 11.7 Å². The van der Waals surface area contributed by atoms with Crippen LogP contribution in [0, 0.1) is 5.92 Å². The van der Waals surface area contributed by atoms with Crippen LogP contribution in [0.2, 0.25) is 0 Å². The van der Waals surface area contributed by atoms with Crippen LogP contribution in [0.4, 0.5) is 0 Å². The first-order valence-electron chi connectivity index (χ1n) is 7.06. The number of para-hydroxylation sites is 1. The smallest absolute Gasteiger partial charge is 0.272 e. The highest BCUT2D eigenvalue weighted by Gasteiger charge is 2.29. The zero-order valence-corrected chi connectivity index (χ0v) is 11.6. The number of aromatic nitrogens is 1. The van der Waals surface area contributed by atoms with Gasteiger partial charge in [0, 0.05) is 24.5 Å². The van der Waals surface area contributed by atoms with E-state index in [0.29, 0.717) is 11.6 Å². The summed E-state index contributed by atoms with van der Waals surface area (Å²) in [5, 5.41) is 1.05. The standard InChI is InChI=1S/C16H19N3O/c1-11(17)13-8-9-19(10-13)16(20)15-7-6-12-4-2-3-5-14(12)18-15/h2-7,11,13H,8-10,17H2,1H3. The lowest BCUT2D eigenvalue weighted by Gasteiger charge is -2.17. The van der Waals surface area contributed by atoms with E-state index in [2.05, 4.69) is 4.98 Å². The van der Waals surface area contributed by atoms with Crippen molar-refractivity contribution in [2.75, 3.05) is 13.1 Å². The molecule has 0 bridgehead atoms. The van der Waals surface area contributed by atoms with Gasteiger partial charge in [0.05, 0.1) is 5.52 Å². The van der Waals surface area contributed by atoms with Gasteiger partial charge in [-0.1, -0.05) is 24.3 Å². The highest BCUT2D eigenvalue weighted by molar-refractivity contribution is 5.95. The van der Waals surface area contributed by atoms with E-state index >= 15 is 0 Å². The Kier molecular flexibility index (Phi) is 3.40. The van der Waals surface area contributed by atoms with Gasteiger partial charge in [0.1, 0.15) is 5.69 Å². The minimum atomic E-state index is 0.0129. The molecule has 0 aliphatic carbocycles. The van der Waals surface area contributed by atoms with Gasteiger partial charge in [-0.25, -0.2) is 4.98 Å². The van der Waals surface area contributed by atoms with E-state index in [1.165, 1.54) is 0 Å². The van der Waals surface area contributed by atoms with Gasteiger partial charge in [-0.05, 0) is 31.4 Å². The summed E-state index contributed by atoms with van der Waals surface area (Å²) in [6, 6.07) is 11.7. The first-order valence-corrected chi connectivity index (χ1v) is 7.06. The summed E-state index contributed by atoms with van der Waals surface area (Å²) in [5.74, 6) is 0.415. The second-order valence-corrected chi connectivity index (χ2v) is 5.55. The Labute approximate surface area is 118 Å². The molecule has 1 saturated heterocycles. The summed E-state index contributed by atoms with van der Waals surface area (Å²) in [6.07, 6.45) is 0.983. The fraction of sp³-hybridized carbons (Fsp3) is 0.375. The van der Waals surface area contributed by atoms with Crippen molar-refractivity contribution < 1.29 is 4.79 Å². The molecule has 1 aromatic carbocycles. The molecule has 1 aliphatic heterocycles. The van der Waals surface area contributed by atoms with E-state index < -0.39 is 0 Å². The van der Waals surface area contributed by atoms with Crippen LogP contribution in [0.25, 0.3) is 10.9 Å². The van der Waals surface area contributed by atoms with Crippen LogP contribution in [0.1, 0.15) is 23.8 Å². The lowest BCUT2D eigenvalue weighted by molar-refractivity contribution is 0.0780. The third-order valence-electron chi connectivity index (χ3n) is 4.07. The monoisotopic (exact) mass is 269 g/mol. The molecule has 2 aromatic rings. The molecular formula is C16H19N3O. The molecule has 1 aliphatic rings. The lowest BCUT2D eigenvalue weighted by Crippen LogP contribution is -2.33. The Morgan fingerprint density at radius 2 is 2.15 bits per heavy atom. The molecule has 2 atom stereocenters. The fourth-order valence-corrected chi connectivity index (χ4v) is 2.75. The van der Waals surface area contributed by atoms with E-state index in [0.717, 1.165) is 30.4 Å². The number of pyridine rings is 1. The summed E-state index contributed by atoms with van der Waals surface area (Å²) >= 11 is 0. The summed E-state index contributed by atoms with van der Waals surface area (Å²) < 4.78 is 0. The molecule has 4 heteroatoms. The number of hydrogen-bond acceptors (Lipinski definition) is 3. The van der Waals surface area contributed by atoms with Gasteiger partial charge in [0.2, 0.25) is 0 Å². The highest BCUT2D eigenvalue weighted by atomic mass is 16.2. The molecule has 2 heterocycles. The molecule has 0 radical (unpaired) electrons. The number of nitrogens with zero attached hydrogens (tertiary/aromatic N) is 2. The quantitative estimate of drug-likeness (QED) is 0.907. The number of nitrogens with two attached hydrogens (primary N) is 1. The van der Waals surface area contributed by atoms with Gasteiger partial charge in [0.25, 0.3) is 5.91 Å². The molecule has 104 valence electrons. The minimum absolute atomic E-state index is 0.0129. The molecule has 20 heavy (non-hydrogen) atoms. The SMILES string of the molecule is CC(N)C1CCN(C(=O)c2ccc3ccccc3n2)C1. The zero-order valence-electron chi connectivity index (χ0n) is 11.6. The molecule has 4 nitrogen and oxygen atoms in total. The molecule has 2 N–H and O–H groups in total. The van der Waals surface area contributed by atoms with E-state index in [-0.39, 0.29) is 11.9 Å². The number of amides is 1. The lowest BCUT2D eigenvalue weighted by atomic mass is 10.0. The normalized spacial score (nSPS) is 20.3. The maximum atomic E-state index is 12.5. The van der Waals surface area contributed by atoms with Crippen molar-refractivity contribution in [1.29, 1.82) is 0 Å². The summed E-state index contributed by atoms with van der Waals surface area (Å²) in [5.41, 5.74) is 7.30. The summed E-state index contributed by atoms with van der Waals surface area (Å²) in [7, 11) is 0. The Balaban J connectivity index is 1.82. The van der Waals surface area contributed by atoms with Gasteiger partial charge in [0.15, 0.2) is 0 Å². The van der Waals surface area contributed by atoms with E-state index in [1.807, 2.05) is 48.2 Å². The number of likely N-dealkylation sites (tertiary alicyclic amines) is 1. The summed E-state index contributed by atoms with van der Waals surface area (Å²) in [6.45, 7) is 3.53. The van der Waals surface area contributed by atoms with Crippen LogP contribution in [0.3, 0.4) is 0 Å². The number of benzene rings is 1. The maximum Gasteiger partial charge on any atom is 0.272 e. The van der Waals surface area contributed by atoms with Crippen LogP contribution in [-0.4, -0.2) is 34.9 Å². The second kappa shape index (κ2) is 5.21. The first kappa shape index (κ1) is 13.1. The van der Waals surface area contributed by atoms with Gasteiger partial charge < -0.3 is 10.6 Å². The van der Waals surface area contributed by atoms with Crippen molar-refractivity contribution in [1.82, 2.24) is 9.88 Å². The Hall–Kier alpha value is -1.94. The van der Waals surface area contributed by atoms with Crippen LogP contribution >= 0.6 is 0 Å². The molecule has 0 saturated carbocycles. The Bertz CT molecular complexity index is 638. The second-order valence-electron chi connectivity index (χ2n) is 5.55. The Morgan fingerprint density at radius 3 is 2.90 bits per heavy atom. The molecule has 3 rings (SSSR count). The predicted molar refractivity (Wildman–Crippen MR) is 79.4 cm³/mol. The van der Waals surface area contributed by atoms with Crippen LogP contribution in [0.15, 0.2) is 36.4 Å². The summed E-state index contributed by atoms with van der Waals surface area (Å²) in [4.78, 5) is 18.8.